The molecule has 0 aromatic heterocycles. The van der Waals surface area contributed by atoms with Gasteiger partial charge in [0, 0.05) is 17.0 Å². The monoisotopic (exact) mass is 298 g/mol. The summed E-state index contributed by atoms with van der Waals surface area (Å²) in [5.41, 5.74) is 0.916. The largest absolute Gasteiger partial charge is 0.394 e. The van der Waals surface area contributed by atoms with E-state index in [1.165, 1.54) is 0 Å². The topological polar surface area (TPSA) is 61.4 Å². The Morgan fingerprint density at radius 1 is 1.35 bits per heavy atom. The van der Waals surface area contributed by atoms with Crippen LogP contribution >= 0.6 is 11.6 Å². The number of hydrogen-bond donors (Lipinski definition) is 3. The minimum atomic E-state index is -0.257. The van der Waals surface area contributed by atoms with Crippen molar-refractivity contribution in [2.45, 2.75) is 38.6 Å². The minimum absolute atomic E-state index is 0.0511. The lowest BCUT2D eigenvalue weighted by Gasteiger charge is -2.26. The van der Waals surface area contributed by atoms with E-state index in [0.29, 0.717) is 18.0 Å². The summed E-state index contributed by atoms with van der Waals surface area (Å²) in [6.45, 7) is 6.48. The number of aliphatic hydroxyl groups is 1. The highest BCUT2D eigenvalue weighted by atomic mass is 35.5. The molecule has 0 fully saturated rings. The zero-order valence-corrected chi connectivity index (χ0v) is 13.0. The van der Waals surface area contributed by atoms with Crippen LogP contribution in [0.1, 0.15) is 32.8 Å². The van der Waals surface area contributed by atoms with Crippen molar-refractivity contribution in [3.05, 3.63) is 34.9 Å². The van der Waals surface area contributed by atoms with Gasteiger partial charge in [0.15, 0.2) is 0 Å². The van der Waals surface area contributed by atoms with E-state index in [9.17, 15) is 4.79 Å². The second kappa shape index (κ2) is 7.50. The third kappa shape index (κ3) is 5.02. The number of hydrogen-bond acceptors (Lipinski definition) is 2. The summed E-state index contributed by atoms with van der Waals surface area (Å²) < 4.78 is 0. The lowest BCUT2D eigenvalue weighted by atomic mass is 9.85. The van der Waals surface area contributed by atoms with Gasteiger partial charge in [-0.25, -0.2) is 4.79 Å². The Morgan fingerprint density at radius 2 is 1.95 bits per heavy atom. The smallest absolute Gasteiger partial charge is 0.315 e. The first-order valence-corrected chi connectivity index (χ1v) is 7.18. The van der Waals surface area contributed by atoms with Crippen molar-refractivity contribution < 1.29 is 9.90 Å². The van der Waals surface area contributed by atoms with E-state index in [1.54, 1.807) is 0 Å². The molecule has 0 aliphatic heterocycles. The molecule has 1 aromatic rings. The van der Waals surface area contributed by atoms with Crippen LogP contribution in [0, 0.1) is 0 Å². The SMILES string of the molecule is CCC(CO)NC(=O)NCC(C)(C)c1ccc(Cl)cc1. The Hall–Kier alpha value is -1.26. The van der Waals surface area contributed by atoms with Gasteiger partial charge < -0.3 is 15.7 Å². The predicted molar refractivity (Wildman–Crippen MR) is 82.2 cm³/mol. The molecule has 1 rings (SSSR count). The van der Waals surface area contributed by atoms with Gasteiger partial charge in [-0.15, -0.1) is 0 Å². The summed E-state index contributed by atoms with van der Waals surface area (Å²) in [4.78, 5) is 11.7. The maximum absolute atomic E-state index is 11.7. The van der Waals surface area contributed by atoms with Crippen LogP contribution in [-0.4, -0.2) is 30.3 Å². The van der Waals surface area contributed by atoms with E-state index >= 15 is 0 Å². The van der Waals surface area contributed by atoms with Gasteiger partial charge in [-0.2, -0.15) is 0 Å². The van der Waals surface area contributed by atoms with E-state index in [1.807, 2.05) is 31.2 Å². The molecule has 0 heterocycles. The van der Waals surface area contributed by atoms with E-state index in [2.05, 4.69) is 24.5 Å². The molecule has 0 spiro atoms. The van der Waals surface area contributed by atoms with Crippen LogP contribution in [0.2, 0.25) is 5.02 Å². The summed E-state index contributed by atoms with van der Waals surface area (Å²) in [7, 11) is 0. The number of amides is 2. The summed E-state index contributed by atoms with van der Waals surface area (Å²) in [5.74, 6) is 0. The molecule has 1 atom stereocenters. The van der Waals surface area contributed by atoms with Crippen molar-refractivity contribution in [2.24, 2.45) is 0 Å². The molecule has 0 saturated heterocycles. The van der Waals surface area contributed by atoms with Gasteiger partial charge in [-0.3, -0.25) is 0 Å². The number of aliphatic hydroxyl groups excluding tert-OH is 1. The third-order valence-electron chi connectivity index (χ3n) is 3.36. The first kappa shape index (κ1) is 16.8. The zero-order chi connectivity index (χ0) is 15.2. The standard InChI is InChI=1S/C15H23ClN2O2/c1-4-13(9-19)18-14(20)17-10-15(2,3)11-5-7-12(16)8-6-11/h5-8,13,19H,4,9-10H2,1-3H3,(H2,17,18,20). The van der Waals surface area contributed by atoms with Gasteiger partial charge in [0.25, 0.3) is 0 Å². The summed E-state index contributed by atoms with van der Waals surface area (Å²) in [6.07, 6.45) is 0.699. The van der Waals surface area contributed by atoms with E-state index in [-0.39, 0.29) is 24.1 Å². The van der Waals surface area contributed by atoms with E-state index in [4.69, 9.17) is 16.7 Å². The van der Waals surface area contributed by atoms with E-state index in [0.717, 1.165) is 5.56 Å². The normalized spacial score (nSPS) is 12.8. The van der Waals surface area contributed by atoms with Crippen molar-refractivity contribution in [3.63, 3.8) is 0 Å². The molecule has 2 amide bonds. The van der Waals surface area contributed by atoms with Crippen LogP contribution in [0.4, 0.5) is 4.79 Å². The number of benzene rings is 1. The highest BCUT2D eigenvalue weighted by Gasteiger charge is 2.21. The quantitative estimate of drug-likeness (QED) is 0.756. The molecular weight excluding hydrogens is 276 g/mol. The minimum Gasteiger partial charge on any atom is -0.394 e. The summed E-state index contributed by atoms with van der Waals surface area (Å²) in [5, 5.41) is 15.3. The fourth-order valence-electron chi connectivity index (χ4n) is 1.82. The molecule has 4 nitrogen and oxygen atoms in total. The molecule has 0 saturated carbocycles. The second-order valence-corrected chi connectivity index (χ2v) is 5.94. The Kier molecular flexibility index (Phi) is 6.30. The third-order valence-corrected chi connectivity index (χ3v) is 3.62. The van der Waals surface area contributed by atoms with E-state index < -0.39 is 0 Å². The van der Waals surface area contributed by atoms with Crippen LogP contribution in [0.25, 0.3) is 0 Å². The molecule has 0 aliphatic rings. The lowest BCUT2D eigenvalue weighted by molar-refractivity contribution is 0.213. The highest BCUT2D eigenvalue weighted by molar-refractivity contribution is 6.30. The summed E-state index contributed by atoms with van der Waals surface area (Å²) >= 11 is 5.88. The molecule has 5 heteroatoms. The summed E-state index contributed by atoms with van der Waals surface area (Å²) in [6, 6.07) is 7.16. The number of halogens is 1. The predicted octanol–water partition coefficient (Wildman–Crippen LogP) is 2.69. The average Bonchev–Trinajstić information content (AvgIpc) is 2.43. The fraction of sp³-hybridized carbons (Fsp3) is 0.533. The molecule has 1 aromatic carbocycles. The first-order valence-electron chi connectivity index (χ1n) is 6.80. The van der Waals surface area contributed by atoms with Crippen LogP contribution in [0.3, 0.4) is 0 Å². The van der Waals surface area contributed by atoms with Crippen molar-refractivity contribution in [1.29, 1.82) is 0 Å². The Bertz CT molecular complexity index is 428. The van der Waals surface area contributed by atoms with Gasteiger partial charge >= 0.3 is 6.03 Å². The van der Waals surface area contributed by atoms with Gasteiger partial charge in [0.1, 0.15) is 0 Å². The Balaban J connectivity index is 2.54. The van der Waals surface area contributed by atoms with Gasteiger partial charge in [-0.1, -0.05) is 44.5 Å². The van der Waals surface area contributed by atoms with Crippen molar-refractivity contribution >= 4 is 17.6 Å². The number of carbonyl (C=O) groups is 1. The van der Waals surface area contributed by atoms with Crippen molar-refractivity contribution in [1.82, 2.24) is 10.6 Å². The van der Waals surface area contributed by atoms with Gasteiger partial charge in [0.2, 0.25) is 0 Å². The van der Waals surface area contributed by atoms with Crippen molar-refractivity contribution in [2.75, 3.05) is 13.2 Å². The van der Waals surface area contributed by atoms with Crippen molar-refractivity contribution in [3.8, 4) is 0 Å². The van der Waals surface area contributed by atoms with Gasteiger partial charge in [-0.05, 0) is 24.1 Å². The van der Waals surface area contributed by atoms with Crippen LogP contribution in [-0.2, 0) is 5.41 Å². The first-order chi connectivity index (χ1) is 9.39. The number of carbonyl (C=O) groups excluding carboxylic acids is 1. The highest BCUT2D eigenvalue weighted by Crippen LogP contribution is 2.23. The maximum Gasteiger partial charge on any atom is 0.315 e. The Morgan fingerprint density at radius 3 is 2.45 bits per heavy atom. The van der Waals surface area contributed by atoms with Crippen LogP contribution < -0.4 is 10.6 Å². The zero-order valence-electron chi connectivity index (χ0n) is 12.2. The Labute approximate surface area is 125 Å². The molecule has 0 bridgehead atoms. The van der Waals surface area contributed by atoms with Gasteiger partial charge in [0.05, 0.1) is 12.6 Å². The molecule has 0 aliphatic carbocycles. The number of nitrogens with one attached hydrogen (secondary N) is 2. The maximum atomic E-state index is 11.7. The molecular formula is C15H23ClN2O2. The lowest BCUT2D eigenvalue weighted by Crippen LogP contribution is -2.47. The molecule has 112 valence electrons. The molecule has 1 unspecified atom stereocenters. The van der Waals surface area contributed by atoms with Crippen LogP contribution in [0.15, 0.2) is 24.3 Å². The molecule has 3 N–H and O–H groups in total. The molecule has 0 radical (unpaired) electrons. The number of urea groups is 1. The second-order valence-electron chi connectivity index (χ2n) is 5.51. The fourth-order valence-corrected chi connectivity index (χ4v) is 1.94. The van der Waals surface area contributed by atoms with Crippen LogP contribution in [0.5, 0.6) is 0 Å². The average molecular weight is 299 g/mol. The number of rotatable bonds is 6. The molecule has 20 heavy (non-hydrogen) atoms.